The molecule has 1 aromatic heterocycles. The summed E-state index contributed by atoms with van der Waals surface area (Å²) in [6.07, 6.45) is 2.70. The van der Waals surface area contributed by atoms with Crippen LogP contribution in [0.1, 0.15) is 5.69 Å². The maximum absolute atomic E-state index is 5.12. The molecule has 0 aromatic carbocycles. The number of pyridine rings is 1. The number of hydrogen-bond donors (Lipinski definition) is 0. The van der Waals surface area contributed by atoms with Gasteiger partial charge in [0.25, 0.3) is 0 Å². The van der Waals surface area contributed by atoms with Gasteiger partial charge >= 0.3 is 0 Å². The topological polar surface area (TPSA) is 40.6 Å². The van der Waals surface area contributed by atoms with Gasteiger partial charge in [0.1, 0.15) is 6.20 Å². The second-order valence-corrected chi connectivity index (χ2v) is 2.41. The summed E-state index contributed by atoms with van der Waals surface area (Å²) in [6, 6.07) is 0. The summed E-state index contributed by atoms with van der Waals surface area (Å²) in [6.45, 7) is 1.82. The average Bonchev–Trinajstić information content (AvgIpc) is 2.17. The number of nitrogens with zero attached hydrogens (tertiary/aromatic N) is 1. The first-order valence-electron chi connectivity index (χ1n) is 3.78. The fourth-order valence-corrected chi connectivity index (χ4v) is 1.07. The van der Waals surface area contributed by atoms with Crippen LogP contribution in [0.4, 0.5) is 0 Å². The Labute approximate surface area is 77.5 Å². The van der Waals surface area contributed by atoms with E-state index >= 15 is 0 Å². The standard InChI is InChI=1S/C9H12NO3/c1-6-8(12-3)9(13-4)7(11-2)5-10-6/h1-4H3. The molecule has 1 heterocycles. The zero-order valence-electron chi connectivity index (χ0n) is 8.17. The van der Waals surface area contributed by atoms with E-state index in [1.807, 2.05) is 6.92 Å². The molecule has 4 heteroatoms. The second kappa shape index (κ2) is 3.98. The van der Waals surface area contributed by atoms with Crippen LogP contribution >= 0.6 is 0 Å². The van der Waals surface area contributed by atoms with E-state index < -0.39 is 0 Å². The number of hydrogen-bond acceptors (Lipinski definition) is 4. The molecule has 1 rings (SSSR count). The summed E-state index contributed by atoms with van der Waals surface area (Å²) >= 11 is 0. The maximum atomic E-state index is 5.12. The molecule has 0 saturated heterocycles. The van der Waals surface area contributed by atoms with Gasteiger partial charge in [-0.25, -0.2) is 4.98 Å². The molecule has 0 aliphatic rings. The minimum absolute atomic E-state index is 0.449. The predicted molar refractivity (Wildman–Crippen MR) is 47.5 cm³/mol. The van der Waals surface area contributed by atoms with E-state index in [1.165, 1.54) is 7.11 Å². The van der Waals surface area contributed by atoms with Crippen LogP contribution in [0.15, 0.2) is 0 Å². The third-order valence-electron chi connectivity index (χ3n) is 1.68. The fraction of sp³-hybridized carbons (Fsp3) is 0.444. The molecule has 0 amide bonds. The molecule has 0 atom stereocenters. The first-order chi connectivity index (χ1) is 6.24. The maximum Gasteiger partial charge on any atom is 0.207 e. The van der Waals surface area contributed by atoms with Gasteiger partial charge in [-0.2, -0.15) is 0 Å². The van der Waals surface area contributed by atoms with Crippen molar-refractivity contribution in [2.45, 2.75) is 6.92 Å². The average molecular weight is 182 g/mol. The minimum Gasteiger partial charge on any atom is -0.491 e. The summed E-state index contributed by atoms with van der Waals surface area (Å²) in [5.74, 6) is 1.56. The fourth-order valence-electron chi connectivity index (χ4n) is 1.07. The zero-order valence-corrected chi connectivity index (χ0v) is 8.17. The van der Waals surface area contributed by atoms with E-state index in [-0.39, 0.29) is 0 Å². The lowest BCUT2D eigenvalue weighted by atomic mass is 10.3. The van der Waals surface area contributed by atoms with Crippen LogP contribution in [0.2, 0.25) is 0 Å². The normalized spacial score (nSPS) is 9.54. The Bertz CT molecular complexity index is 299. The summed E-state index contributed by atoms with van der Waals surface area (Å²) < 4.78 is 15.3. The molecule has 0 fully saturated rings. The summed E-state index contributed by atoms with van der Waals surface area (Å²) in [4.78, 5) is 3.97. The van der Waals surface area contributed by atoms with Gasteiger partial charge in [0.15, 0.2) is 11.5 Å². The van der Waals surface area contributed by atoms with Crippen LogP contribution in [-0.2, 0) is 0 Å². The predicted octanol–water partition coefficient (Wildman–Crippen LogP) is 1.22. The number of ether oxygens (including phenoxy) is 3. The molecule has 1 radical (unpaired) electrons. The molecule has 0 saturated carbocycles. The van der Waals surface area contributed by atoms with Gasteiger partial charge in [-0.1, -0.05) is 0 Å². The lowest BCUT2D eigenvalue weighted by molar-refractivity contribution is 0.319. The number of rotatable bonds is 3. The Kier molecular flexibility index (Phi) is 2.95. The Morgan fingerprint density at radius 2 is 1.62 bits per heavy atom. The summed E-state index contributed by atoms with van der Waals surface area (Å²) in [7, 11) is 4.64. The third-order valence-corrected chi connectivity index (χ3v) is 1.68. The van der Waals surface area contributed by atoms with Crippen molar-refractivity contribution in [2.24, 2.45) is 0 Å². The van der Waals surface area contributed by atoms with Crippen molar-refractivity contribution in [3.05, 3.63) is 11.9 Å². The smallest absolute Gasteiger partial charge is 0.207 e. The molecule has 0 unspecified atom stereocenters. The van der Waals surface area contributed by atoms with Crippen molar-refractivity contribution in [2.75, 3.05) is 21.3 Å². The molecule has 1 aromatic rings. The first kappa shape index (κ1) is 9.64. The van der Waals surface area contributed by atoms with Gasteiger partial charge in [-0.3, -0.25) is 0 Å². The quantitative estimate of drug-likeness (QED) is 0.704. The van der Waals surface area contributed by atoms with Crippen molar-refractivity contribution >= 4 is 0 Å². The van der Waals surface area contributed by atoms with Gasteiger partial charge < -0.3 is 14.2 Å². The van der Waals surface area contributed by atoms with Crippen molar-refractivity contribution < 1.29 is 14.2 Å². The Balaban J connectivity index is 3.27. The van der Waals surface area contributed by atoms with E-state index in [0.717, 1.165) is 5.69 Å². The van der Waals surface area contributed by atoms with Gasteiger partial charge in [-0.15, -0.1) is 0 Å². The third kappa shape index (κ3) is 1.66. The highest BCUT2D eigenvalue weighted by molar-refractivity contribution is 5.51. The monoisotopic (exact) mass is 182 g/mol. The number of aromatic nitrogens is 1. The highest BCUT2D eigenvalue weighted by Crippen LogP contribution is 2.37. The Hall–Kier alpha value is -1.45. The first-order valence-corrected chi connectivity index (χ1v) is 3.78. The van der Waals surface area contributed by atoms with Crippen molar-refractivity contribution in [3.63, 3.8) is 0 Å². The molecule has 0 bridgehead atoms. The van der Waals surface area contributed by atoms with Gasteiger partial charge in [-0.05, 0) is 6.92 Å². The van der Waals surface area contributed by atoms with E-state index in [9.17, 15) is 0 Å². The van der Waals surface area contributed by atoms with Crippen molar-refractivity contribution in [1.29, 1.82) is 0 Å². The highest BCUT2D eigenvalue weighted by Gasteiger charge is 2.14. The Morgan fingerprint density at radius 1 is 1.00 bits per heavy atom. The van der Waals surface area contributed by atoms with Crippen LogP contribution in [0.3, 0.4) is 0 Å². The summed E-state index contributed by atoms with van der Waals surface area (Å²) in [5, 5.41) is 0. The molecule has 0 aliphatic carbocycles. The van der Waals surface area contributed by atoms with Crippen LogP contribution in [0.25, 0.3) is 0 Å². The lowest BCUT2D eigenvalue weighted by Gasteiger charge is -2.11. The lowest BCUT2D eigenvalue weighted by Crippen LogP contribution is -1.98. The van der Waals surface area contributed by atoms with Crippen LogP contribution < -0.4 is 14.2 Å². The summed E-state index contributed by atoms with van der Waals surface area (Å²) in [5.41, 5.74) is 0.722. The molecule has 0 N–H and O–H groups in total. The van der Waals surface area contributed by atoms with Crippen LogP contribution in [0, 0.1) is 13.1 Å². The van der Waals surface area contributed by atoms with E-state index in [2.05, 4.69) is 11.2 Å². The molecule has 71 valence electrons. The van der Waals surface area contributed by atoms with Crippen molar-refractivity contribution in [1.82, 2.24) is 4.98 Å². The molecular weight excluding hydrogens is 170 g/mol. The Morgan fingerprint density at radius 3 is 2.08 bits per heavy atom. The van der Waals surface area contributed by atoms with Crippen LogP contribution in [0.5, 0.6) is 17.2 Å². The molecule has 13 heavy (non-hydrogen) atoms. The highest BCUT2D eigenvalue weighted by atomic mass is 16.5. The number of methoxy groups -OCH3 is 3. The van der Waals surface area contributed by atoms with E-state index in [4.69, 9.17) is 14.2 Å². The SMILES string of the molecule is COc1[c]nc(C)c(OC)c1OC. The zero-order chi connectivity index (χ0) is 9.84. The largest absolute Gasteiger partial charge is 0.491 e. The van der Waals surface area contributed by atoms with E-state index in [1.54, 1.807) is 14.2 Å². The molecular formula is C9H12NO3. The van der Waals surface area contributed by atoms with Gasteiger partial charge in [0, 0.05) is 0 Å². The molecule has 0 aliphatic heterocycles. The second-order valence-electron chi connectivity index (χ2n) is 2.41. The van der Waals surface area contributed by atoms with Gasteiger partial charge in [0.2, 0.25) is 5.75 Å². The van der Waals surface area contributed by atoms with Gasteiger partial charge in [0.05, 0.1) is 27.0 Å². The molecule has 0 spiro atoms. The van der Waals surface area contributed by atoms with E-state index in [0.29, 0.717) is 17.2 Å². The van der Waals surface area contributed by atoms with Crippen molar-refractivity contribution in [3.8, 4) is 17.2 Å². The van der Waals surface area contributed by atoms with Crippen LogP contribution in [-0.4, -0.2) is 26.3 Å². The minimum atomic E-state index is 0.449. The molecule has 4 nitrogen and oxygen atoms in total. The number of aryl methyl sites for hydroxylation is 1.